The van der Waals surface area contributed by atoms with Gasteiger partial charge < -0.3 is 4.90 Å². The highest BCUT2D eigenvalue weighted by molar-refractivity contribution is 14.1. The van der Waals surface area contributed by atoms with Gasteiger partial charge in [-0.1, -0.05) is 19.3 Å². The van der Waals surface area contributed by atoms with E-state index in [0.29, 0.717) is 11.8 Å². The highest BCUT2D eigenvalue weighted by atomic mass is 127. The van der Waals surface area contributed by atoms with Gasteiger partial charge in [-0.3, -0.25) is 4.79 Å². The summed E-state index contributed by atoms with van der Waals surface area (Å²) in [7, 11) is 0. The van der Waals surface area contributed by atoms with Gasteiger partial charge in [-0.25, -0.2) is 3.11 Å². The highest BCUT2D eigenvalue weighted by Crippen LogP contribution is 2.25. The van der Waals surface area contributed by atoms with Crippen LogP contribution in [0.2, 0.25) is 0 Å². The van der Waals surface area contributed by atoms with E-state index in [4.69, 9.17) is 0 Å². The standard InChI is InChI=1S/C11H19IN2O/c12-14-8-6-13(7-9-14)11(15)10-4-2-1-3-5-10/h10H,1-9H2. The lowest BCUT2D eigenvalue weighted by molar-refractivity contribution is -0.137. The van der Waals surface area contributed by atoms with Crippen molar-refractivity contribution in [2.24, 2.45) is 5.92 Å². The summed E-state index contributed by atoms with van der Waals surface area (Å²) in [5, 5.41) is 0. The van der Waals surface area contributed by atoms with Crippen molar-refractivity contribution in [3.8, 4) is 0 Å². The number of halogens is 1. The second-order valence-electron chi connectivity index (χ2n) is 4.57. The van der Waals surface area contributed by atoms with Crippen LogP contribution in [0.15, 0.2) is 0 Å². The molecule has 0 unspecified atom stereocenters. The van der Waals surface area contributed by atoms with Gasteiger partial charge in [0.2, 0.25) is 5.91 Å². The largest absolute Gasteiger partial charge is 0.340 e. The molecule has 0 N–H and O–H groups in total. The summed E-state index contributed by atoms with van der Waals surface area (Å²) < 4.78 is 2.27. The minimum Gasteiger partial charge on any atom is -0.340 e. The quantitative estimate of drug-likeness (QED) is 0.545. The van der Waals surface area contributed by atoms with Crippen LogP contribution in [0.5, 0.6) is 0 Å². The lowest BCUT2D eigenvalue weighted by Crippen LogP contribution is -2.47. The Hall–Kier alpha value is 0.160. The number of carbonyl (C=O) groups is 1. The molecule has 0 spiro atoms. The van der Waals surface area contributed by atoms with Gasteiger partial charge in [0.15, 0.2) is 0 Å². The maximum Gasteiger partial charge on any atom is 0.225 e. The number of nitrogens with zero attached hydrogens (tertiary/aromatic N) is 2. The van der Waals surface area contributed by atoms with Crippen molar-refractivity contribution in [3.63, 3.8) is 0 Å². The van der Waals surface area contributed by atoms with Crippen LogP contribution in [0.25, 0.3) is 0 Å². The predicted octanol–water partition coefficient (Wildman–Crippen LogP) is 2.06. The molecule has 1 aliphatic heterocycles. The van der Waals surface area contributed by atoms with Gasteiger partial charge in [0.25, 0.3) is 0 Å². The summed E-state index contributed by atoms with van der Waals surface area (Å²) in [6.45, 7) is 3.91. The second-order valence-corrected chi connectivity index (χ2v) is 5.93. The summed E-state index contributed by atoms with van der Waals surface area (Å²) in [5.74, 6) is 0.777. The van der Waals surface area contributed by atoms with Crippen LogP contribution in [-0.4, -0.2) is 40.1 Å². The van der Waals surface area contributed by atoms with Crippen LogP contribution in [-0.2, 0) is 4.79 Å². The molecule has 0 bridgehead atoms. The molecule has 2 aliphatic rings. The van der Waals surface area contributed by atoms with E-state index in [1.165, 1.54) is 19.3 Å². The maximum atomic E-state index is 12.2. The number of piperazine rings is 1. The van der Waals surface area contributed by atoms with Gasteiger partial charge in [0.1, 0.15) is 0 Å². The molecule has 1 heterocycles. The van der Waals surface area contributed by atoms with E-state index in [1.807, 2.05) is 0 Å². The molecular weight excluding hydrogens is 303 g/mol. The zero-order chi connectivity index (χ0) is 10.7. The number of hydrogen-bond acceptors (Lipinski definition) is 2. The van der Waals surface area contributed by atoms with E-state index >= 15 is 0 Å². The van der Waals surface area contributed by atoms with Crippen LogP contribution in [0.3, 0.4) is 0 Å². The third-order valence-electron chi connectivity index (χ3n) is 3.49. The molecule has 15 heavy (non-hydrogen) atoms. The molecule has 2 rings (SSSR count). The Labute approximate surface area is 106 Å². The molecule has 3 nitrogen and oxygen atoms in total. The Kier molecular flexibility index (Phi) is 4.25. The molecular formula is C11H19IN2O. The molecule has 86 valence electrons. The van der Waals surface area contributed by atoms with Gasteiger partial charge in [-0.05, 0) is 12.8 Å². The lowest BCUT2D eigenvalue weighted by atomic mass is 9.88. The fourth-order valence-electron chi connectivity index (χ4n) is 2.51. The average molecular weight is 322 g/mol. The van der Waals surface area contributed by atoms with Gasteiger partial charge in [0.05, 0.1) is 0 Å². The number of carbonyl (C=O) groups excluding carboxylic acids is 1. The van der Waals surface area contributed by atoms with Crippen LogP contribution in [0, 0.1) is 5.92 Å². The first kappa shape index (κ1) is 11.6. The molecule has 1 saturated carbocycles. The van der Waals surface area contributed by atoms with Gasteiger partial charge in [-0.15, -0.1) is 0 Å². The fraction of sp³-hybridized carbons (Fsp3) is 0.909. The molecule has 0 aromatic rings. The summed E-state index contributed by atoms with van der Waals surface area (Å²) in [5.41, 5.74) is 0. The van der Waals surface area contributed by atoms with E-state index in [9.17, 15) is 4.79 Å². The van der Waals surface area contributed by atoms with Crippen molar-refractivity contribution in [1.29, 1.82) is 0 Å². The Morgan fingerprint density at radius 2 is 1.60 bits per heavy atom. The molecule has 2 fully saturated rings. The first-order valence-corrected chi connectivity index (χ1v) is 6.93. The smallest absolute Gasteiger partial charge is 0.225 e. The monoisotopic (exact) mass is 322 g/mol. The van der Waals surface area contributed by atoms with Crippen LogP contribution < -0.4 is 0 Å². The van der Waals surface area contributed by atoms with E-state index in [2.05, 4.69) is 30.9 Å². The molecule has 1 saturated heterocycles. The number of amides is 1. The summed E-state index contributed by atoms with van der Waals surface area (Å²) in [6, 6.07) is 0. The van der Waals surface area contributed by atoms with E-state index in [-0.39, 0.29) is 0 Å². The van der Waals surface area contributed by atoms with Crippen molar-refractivity contribution >= 4 is 28.8 Å². The molecule has 0 radical (unpaired) electrons. The minimum absolute atomic E-state index is 0.347. The topological polar surface area (TPSA) is 23.6 Å². The third kappa shape index (κ3) is 3.06. The average Bonchev–Trinajstić information content (AvgIpc) is 2.30. The third-order valence-corrected chi connectivity index (χ3v) is 4.46. The lowest BCUT2D eigenvalue weighted by Gasteiger charge is -2.34. The first-order valence-electron chi connectivity index (χ1n) is 5.97. The van der Waals surface area contributed by atoms with Crippen LogP contribution >= 0.6 is 22.9 Å². The number of rotatable bonds is 1. The zero-order valence-electron chi connectivity index (χ0n) is 9.12. The van der Waals surface area contributed by atoms with E-state index in [1.54, 1.807) is 0 Å². The van der Waals surface area contributed by atoms with Crippen molar-refractivity contribution in [1.82, 2.24) is 8.01 Å². The SMILES string of the molecule is O=C(C1CCCCC1)N1CCN(I)CC1. The second kappa shape index (κ2) is 5.48. The van der Waals surface area contributed by atoms with Gasteiger partial charge in [-0.2, -0.15) is 0 Å². The Balaban J connectivity index is 1.84. The summed E-state index contributed by atoms with van der Waals surface area (Å²) >= 11 is 2.34. The molecule has 0 aromatic carbocycles. The first-order chi connectivity index (χ1) is 7.27. The summed E-state index contributed by atoms with van der Waals surface area (Å²) in [6.07, 6.45) is 6.09. The highest BCUT2D eigenvalue weighted by Gasteiger charge is 2.27. The van der Waals surface area contributed by atoms with Crippen molar-refractivity contribution in [2.75, 3.05) is 26.2 Å². The molecule has 4 heteroatoms. The number of hydrogen-bond donors (Lipinski definition) is 0. The molecule has 1 aliphatic carbocycles. The van der Waals surface area contributed by atoms with Gasteiger partial charge >= 0.3 is 0 Å². The van der Waals surface area contributed by atoms with Crippen LogP contribution in [0.4, 0.5) is 0 Å². The van der Waals surface area contributed by atoms with Crippen LogP contribution in [0.1, 0.15) is 32.1 Å². The Morgan fingerprint density at radius 1 is 1.00 bits per heavy atom. The Bertz CT molecular complexity index is 221. The zero-order valence-corrected chi connectivity index (χ0v) is 11.3. The Morgan fingerprint density at radius 3 is 2.20 bits per heavy atom. The normalized spacial score (nSPS) is 25.5. The molecule has 0 atom stereocenters. The maximum absolute atomic E-state index is 12.2. The molecule has 1 amide bonds. The minimum atomic E-state index is 0.347. The van der Waals surface area contributed by atoms with Gasteiger partial charge in [0, 0.05) is 55.0 Å². The molecule has 0 aromatic heterocycles. The van der Waals surface area contributed by atoms with E-state index < -0.39 is 0 Å². The van der Waals surface area contributed by atoms with E-state index in [0.717, 1.165) is 39.0 Å². The van der Waals surface area contributed by atoms with Crippen molar-refractivity contribution in [2.45, 2.75) is 32.1 Å². The van der Waals surface area contributed by atoms with Crippen molar-refractivity contribution < 1.29 is 4.79 Å². The van der Waals surface area contributed by atoms with Crippen molar-refractivity contribution in [3.05, 3.63) is 0 Å². The predicted molar refractivity (Wildman–Crippen MR) is 68.7 cm³/mol. The fourth-order valence-corrected chi connectivity index (χ4v) is 2.94. The summed E-state index contributed by atoms with van der Waals surface area (Å²) in [4.78, 5) is 14.2.